The van der Waals surface area contributed by atoms with Crippen LogP contribution in [0.4, 0.5) is 0 Å². The Morgan fingerprint density at radius 3 is 1.09 bits per heavy atom. The molecule has 0 fully saturated rings. The largest absolute Gasteiger partial charge is 0.298 e. The summed E-state index contributed by atoms with van der Waals surface area (Å²) in [6.45, 7) is 13.3. The fraction of sp³-hybridized carbons (Fsp3) is 0.258. The van der Waals surface area contributed by atoms with Crippen LogP contribution in [0.2, 0.25) is 0 Å². The van der Waals surface area contributed by atoms with Gasteiger partial charge in [0.15, 0.2) is 0 Å². The number of benzene rings is 3. The van der Waals surface area contributed by atoms with Crippen LogP contribution >= 0.6 is 0 Å². The summed E-state index contributed by atoms with van der Waals surface area (Å²) < 4.78 is 0. The predicted molar refractivity (Wildman–Crippen MR) is 140 cm³/mol. The SMILES string of the molecule is CC(C)(C)c1ccc(C=Cc2cc(C=O)cc(C=Cc3ccc(C(C)(C)C)cc3)c2)cc1. The van der Waals surface area contributed by atoms with Gasteiger partial charge in [-0.25, -0.2) is 0 Å². The van der Waals surface area contributed by atoms with Gasteiger partial charge in [-0.2, -0.15) is 0 Å². The van der Waals surface area contributed by atoms with Crippen LogP contribution in [0, 0.1) is 0 Å². The van der Waals surface area contributed by atoms with E-state index in [1.54, 1.807) is 0 Å². The van der Waals surface area contributed by atoms with Crippen LogP contribution in [-0.2, 0) is 10.8 Å². The molecule has 0 radical (unpaired) electrons. The zero-order valence-electron chi connectivity index (χ0n) is 20.1. The minimum Gasteiger partial charge on any atom is -0.298 e. The Balaban J connectivity index is 1.80. The van der Waals surface area contributed by atoms with Gasteiger partial charge in [0.05, 0.1) is 0 Å². The molecule has 0 heterocycles. The fourth-order valence-corrected chi connectivity index (χ4v) is 3.54. The van der Waals surface area contributed by atoms with Crippen molar-refractivity contribution in [2.45, 2.75) is 52.4 Å². The highest BCUT2D eigenvalue weighted by molar-refractivity contribution is 5.82. The molecule has 1 nitrogen and oxygen atoms in total. The molecule has 0 amide bonds. The highest BCUT2D eigenvalue weighted by Gasteiger charge is 2.13. The van der Waals surface area contributed by atoms with Gasteiger partial charge in [0, 0.05) is 5.56 Å². The van der Waals surface area contributed by atoms with Gasteiger partial charge in [-0.15, -0.1) is 0 Å². The monoisotopic (exact) mass is 422 g/mol. The number of carbonyl (C=O) groups is 1. The molecule has 0 saturated carbocycles. The first-order valence-corrected chi connectivity index (χ1v) is 11.2. The van der Waals surface area contributed by atoms with Crippen LogP contribution in [0.3, 0.4) is 0 Å². The number of hydrogen-bond acceptors (Lipinski definition) is 1. The Kier molecular flexibility index (Phi) is 6.99. The van der Waals surface area contributed by atoms with Gasteiger partial charge in [-0.3, -0.25) is 4.79 Å². The molecule has 32 heavy (non-hydrogen) atoms. The van der Waals surface area contributed by atoms with E-state index in [2.05, 4.69) is 120 Å². The zero-order chi connectivity index (χ0) is 23.4. The molecule has 0 unspecified atom stereocenters. The first-order valence-electron chi connectivity index (χ1n) is 11.2. The lowest BCUT2D eigenvalue weighted by atomic mass is 9.86. The minimum atomic E-state index is 0.148. The van der Waals surface area contributed by atoms with Crippen LogP contribution in [0.1, 0.15) is 85.3 Å². The summed E-state index contributed by atoms with van der Waals surface area (Å²) in [7, 11) is 0. The Hall–Kier alpha value is -3.19. The van der Waals surface area contributed by atoms with Crippen molar-refractivity contribution in [3.8, 4) is 0 Å². The molecule has 0 spiro atoms. The first-order chi connectivity index (χ1) is 15.0. The van der Waals surface area contributed by atoms with E-state index in [9.17, 15) is 4.79 Å². The van der Waals surface area contributed by atoms with Crippen LogP contribution in [0.25, 0.3) is 24.3 Å². The Morgan fingerprint density at radius 1 is 0.469 bits per heavy atom. The normalized spacial score (nSPS) is 12.6. The molecule has 1 heteroatoms. The molecule has 3 rings (SSSR count). The van der Waals surface area contributed by atoms with Crippen molar-refractivity contribution in [3.63, 3.8) is 0 Å². The maximum atomic E-state index is 11.5. The van der Waals surface area contributed by atoms with Gasteiger partial charge in [-0.1, -0.05) is 114 Å². The van der Waals surface area contributed by atoms with Gasteiger partial charge in [-0.05, 0) is 62.4 Å². The van der Waals surface area contributed by atoms with Crippen molar-refractivity contribution < 1.29 is 4.79 Å². The fourth-order valence-electron chi connectivity index (χ4n) is 3.54. The standard InChI is InChI=1S/C31H34O/c1-30(2,3)28-15-11-23(12-16-28)7-9-25-19-26(21-27(20-25)22-32)10-8-24-13-17-29(18-14-24)31(4,5)6/h7-22H,1-6H3. The van der Waals surface area contributed by atoms with E-state index >= 15 is 0 Å². The highest BCUT2D eigenvalue weighted by atomic mass is 16.1. The summed E-state index contributed by atoms with van der Waals surface area (Å²) in [6.07, 6.45) is 9.22. The van der Waals surface area contributed by atoms with Crippen LogP contribution in [0.5, 0.6) is 0 Å². The first kappa shape index (κ1) is 23.5. The molecule has 0 N–H and O–H groups in total. The molecule has 0 bridgehead atoms. The third-order valence-electron chi connectivity index (χ3n) is 5.63. The Morgan fingerprint density at radius 2 is 0.781 bits per heavy atom. The number of carbonyl (C=O) groups excluding carboxylic acids is 1. The second-order valence-electron chi connectivity index (χ2n) is 10.5. The molecule has 0 aliphatic rings. The Labute approximate surface area is 193 Å². The zero-order valence-corrected chi connectivity index (χ0v) is 20.1. The molecular formula is C31H34O. The summed E-state index contributed by atoms with van der Waals surface area (Å²) >= 11 is 0. The quantitative estimate of drug-likeness (QED) is 0.298. The molecule has 3 aromatic carbocycles. The topological polar surface area (TPSA) is 17.1 Å². The van der Waals surface area contributed by atoms with Gasteiger partial charge >= 0.3 is 0 Å². The third-order valence-corrected chi connectivity index (χ3v) is 5.63. The molecule has 0 aromatic heterocycles. The van der Waals surface area contributed by atoms with Crippen molar-refractivity contribution in [1.82, 2.24) is 0 Å². The maximum Gasteiger partial charge on any atom is 0.150 e. The second-order valence-corrected chi connectivity index (χ2v) is 10.5. The van der Waals surface area contributed by atoms with Crippen molar-refractivity contribution in [2.75, 3.05) is 0 Å². The summed E-state index contributed by atoms with van der Waals surface area (Å²) in [5.41, 5.74) is 7.92. The van der Waals surface area contributed by atoms with E-state index in [-0.39, 0.29) is 10.8 Å². The lowest BCUT2D eigenvalue weighted by Gasteiger charge is -2.18. The lowest BCUT2D eigenvalue weighted by molar-refractivity contribution is 0.112. The van der Waals surface area contributed by atoms with E-state index in [4.69, 9.17) is 0 Å². The summed E-state index contributed by atoms with van der Waals surface area (Å²) in [5.74, 6) is 0. The van der Waals surface area contributed by atoms with Crippen LogP contribution in [0.15, 0.2) is 66.7 Å². The predicted octanol–water partition coefficient (Wildman–Crippen LogP) is 8.43. The molecule has 164 valence electrons. The lowest BCUT2D eigenvalue weighted by Crippen LogP contribution is -2.10. The van der Waals surface area contributed by atoms with Crippen molar-refractivity contribution in [3.05, 3.63) is 106 Å². The average molecular weight is 423 g/mol. The summed E-state index contributed by atoms with van der Waals surface area (Å²) in [4.78, 5) is 11.5. The minimum absolute atomic E-state index is 0.148. The van der Waals surface area contributed by atoms with Gasteiger partial charge in [0.1, 0.15) is 6.29 Å². The molecule has 0 aliphatic carbocycles. The van der Waals surface area contributed by atoms with E-state index in [1.807, 2.05) is 12.1 Å². The number of aldehydes is 1. The molecule has 0 aliphatic heterocycles. The number of hydrogen-bond donors (Lipinski definition) is 0. The third kappa shape index (κ3) is 6.40. The van der Waals surface area contributed by atoms with Crippen LogP contribution in [-0.4, -0.2) is 6.29 Å². The van der Waals surface area contributed by atoms with Crippen molar-refractivity contribution in [1.29, 1.82) is 0 Å². The van der Waals surface area contributed by atoms with Gasteiger partial charge < -0.3 is 0 Å². The molecule has 0 saturated heterocycles. The Bertz CT molecular complexity index is 1030. The molecular weight excluding hydrogens is 388 g/mol. The summed E-state index contributed by atoms with van der Waals surface area (Å²) in [5, 5.41) is 0. The molecule has 3 aromatic rings. The molecule has 0 atom stereocenters. The van der Waals surface area contributed by atoms with Gasteiger partial charge in [0.2, 0.25) is 0 Å². The maximum absolute atomic E-state index is 11.5. The second kappa shape index (κ2) is 9.53. The smallest absolute Gasteiger partial charge is 0.150 e. The van der Waals surface area contributed by atoms with E-state index in [1.165, 1.54) is 11.1 Å². The van der Waals surface area contributed by atoms with Gasteiger partial charge in [0.25, 0.3) is 0 Å². The van der Waals surface area contributed by atoms with E-state index in [0.29, 0.717) is 5.56 Å². The van der Waals surface area contributed by atoms with Crippen LogP contribution < -0.4 is 0 Å². The van der Waals surface area contributed by atoms with Crippen molar-refractivity contribution >= 4 is 30.6 Å². The highest BCUT2D eigenvalue weighted by Crippen LogP contribution is 2.24. The number of rotatable bonds is 5. The summed E-state index contributed by atoms with van der Waals surface area (Å²) in [6, 6.07) is 23.2. The van der Waals surface area contributed by atoms with Crippen molar-refractivity contribution in [2.24, 2.45) is 0 Å². The van der Waals surface area contributed by atoms with E-state index in [0.717, 1.165) is 28.5 Å². The average Bonchev–Trinajstić information content (AvgIpc) is 2.75. The van der Waals surface area contributed by atoms with E-state index < -0.39 is 0 Å².